The van der Waals surface area contributed by atoms with Gasteiger partial charge >= 0.3 is 0 Å². The van der Waals surface area contributed by atoms with Crippen molar-refractivity contribution in [3.8, 4) is 5.75 Å². The fourth-order valence-corrected chi connectivity index (χ4v) is 2.14. The topological polar surface area (TPSA) is 125 Å². The van der Waals surface area contributed by atoms with E-state index in [2.05, 4.69) is 25.1 Å². The molecule has 0 aliphatic heterocycles. The first-order chi connectivity index (χ1) is 12.6. The third kappa shape index (κ3) is 4.23. The molecule has 8 nitrogen and oxygen atoms in total. The molecule has 0 bridgehead atoms. The first-order valence-corrected chi connectivity index (χ1v) is 7.87. The van der Waals surface area contributed by atoms with Crippen molar-refractivity contribution >= 4 is 17.4 Å². The summed E-state index contributed by atoms with van der Waals surface area (Å²) in [4.78, 5) is 0. The lowest BCUT2D eigenvalue weighted by Crippen LogP contribution is -2.15. The molecule has 2 aromatic carbocycles. The number of hydrogen-bond acceptors (Lipinski definition) is 7. The number of nitrogens with zero attached hydrogens (tertiary/aromatic N) is 4. The molecule has 132 valence electrons. The van der Waals surface area contributed by atoms with Gasteiger partial charge in [0.15, 0.2) is 17.3 Å². The van der Waals surface area contributed by atoms with Crippen molar-refractivity contribution in [2.45, 2.75) is 13.5 Å². The molecular weight excluding hydrogens is 332 g/mol. The first kappa shape index (κ1) is 17.2. The van der Waals surface area contributed by atoms with Crippen molar-refractivity contribution in [3.63, 3.8) is 0 Å². The molecule has 0 aliphatic rings. The second-order valence-corrected chi connectivity index (χ2v) is 5.47. The molecule has 3 rings (SSSR count). The Morgan fingerprint density at radius 3 is 2.42 bits per heavy atom. The van der Waals surface area contributed by atoms with Gasteiger partial charge in [0.25, 0.3) is 0 Å². The van der Waals surface area contributed by atoms with E-state index in [0.29, 0.717) is 12.3 Å². The van der Waals surface area contributed by atoms with Gasteiger partial charge in [0.05, 0.1) is 5.71 Å². The molecule has 8 heteroatoms. The molecule has 0 spiro atoms. The van der Waals surface area contributed by atoms with Crippen LogP contribution < -0.4 is 16.2 Å². The SMILES string of the molecule is C/C(=N\N=C(/N)c1nonc1N)c1ccc(OCc2ccccc2)cc1. The molecule has 4 N–H and O–H groups in total. The van der Waals surface area contributed by atoms with E-state index in [1.54, 1.807) is 0 Å². The lowest BCUT2D eigenvalue weighted by Gasteiger charge is -2.07. The summed E-state index contributed by atoms with van der Waals surface area (Å²) in [6.45, 7) is 2.34. The van der Waals surface area contributed by atoms with Crippen LogP contribution in [0.4, 0.5) is 5.82 Å². The standard InChI is InChI=1S/C18H18N6O2/c1-12(21-22-17(19)16-18(20)24-26-23-16)14-7-9-15(10-8-14)25-11-13-5-3-2-4-6-13/h2-10H,11H2,1H3,(H2,19,22)(H2,20,24)/b21-12+. The monoisotopic (exact) mass is 350 g/mol. The van der Waals surface area contributed by atoms with E-state index < -0.39 is 0 Å². The lowest BCUT2D eigenvalue weighted by atomic mass is 10.1. The molecule has 1 heterocycles. The van der Waals surface area contributed by atoms with Gasteiger partial charge in [-0.05, 0) is 52.6 Å². The number of nitrogen functional groups attached to an aromatic ring is 1. The smallest absolute Gasteiger partial charge is 0.199 e. The minimum absolute atomic E-state index is 0.0333. The largest absolute Gasteiger partial charge is 0.489 e. The Morgan fingerprint density at radius 1 is 1.04 bits per heavy atom. The zero-order valence-electron chi connectivity index (χ0n) is 14.2. The van der Waals surface area contributed by atoms with Gasteiger partial charge in [-0.2, -0.15) is 5.10 Å². The van der Waals surface area contributed by atoms with Gasteiger partial charge in [-0.1, -0.05) is 30.3 Å². The number of anilines is 1. The fourth-order valence-electron chi connectivity index (χ4n) is 2.14. The predicted octanol–water partition coefficient (Wildman–Crippen LogP) is 2.36. The fraction of sp³-hybridized carbons (Fsp3) is 0.111. The maximum Gasteiger partial charge on any atom is 0.199 e. The Kier molecular flexibility index (Phi) is 5.23. The summed E-state index contributed by atoms with van der Waals surface area (Å²) in [5.74, 6) is 0.875. The van der Waals surface area contributed by atoms with Crippen LogP contribution in [0.15, 0.2) is 69.4 Å². The van der Waals surface area contributed by atoms with Crippen molar-refractivity contribution in [2.75, 3.05) is 5.73 Å². The molecule has 0 fully saturated rings. The third-order valence-electron chi connectivity index (χ3n) is 3.58. The van der Waals surface area contributed by atoms with Crippen LogP contribution in [0.2, 0.25) is 0 Å². The van der Waals surface area contributed by atoms with Crippen molar-refractivity contribution in [1.29, 1.82) is 0 Å². The van der Waals surface area contributed by atoms with Gasteiger partial charge in [-0.15, -0.1) is 5.10 Å². The van der Waals surface area contributed by atoms with Gasteiger partial charge in [0.1, 0.15) is 12.4 Å². The van der Waals surface area contributed by atoms with Crippen molar-refractivity contribution < 1.29 is 9.37 Å². The Hall–Kier alpha value is -3.68. The van der Waals surface area contributed by atoms with E-state index in [1.807, 2.05) is 61.5 Å². The average Bonchev–Trinajstić information content (AvgIpc) is 3.11. The van der Waals surface area contributed by atoms with Gasteiger partial charge < -0.3 is 16.2 Å². The number of hydrogen-bond donors (Lipinski definition) is 2. The second-order valence-electron chi connectivity index (χ2n) is 5.47. The van der Waals surface area contributed by atoms with Gasteiger partial charge in [0, 0.05) is 0 Å². The van der Waals surface area contributed by atoms with Crippen LogP contribution in [0.5, 0.6) is 5.75 Å². The molecule has 1 aromatic heterocycles. The van der Waals surface area contributed by atoms with Crippen LogP contribution in [0.1, 0.15) is 23.7 Å². The van der Waals surface area contributed by atoms with Crippen molar-refractivity contribution in [3.05, 3.63) is 71.4 Å². The summed E-state index contributed by atoms with van der Waals surface area (Å²) in [6, 6.07) is 17.5. The molecule has 0 atom stereocenters. The number of rotatable bonds is 6. The molecular formula is C18H18N6O2. The Morgan fingerprint density at radius 2 is 1.77 bits per heavy atom. The van der Waals surface area contributed by atoms with Crippen LogP contribution in [0.3, 0.4) is 0 Å². The molecule has 3 aromatic rings. The number of ether oxygens (including phenoxy) is 1. The quantitative estimate of drug-likeness (QED) is 0.399. The maximum absolute atomic E-state index is 5.77. The van der Waals surface area contributed by atoms with Gasteiger partial charge in [0.2, 0.25) is 0 Å². The molecule has 0 saturated carbocycles. The minimum Gasteiger partial charge on any atom is -0.489 e. The number of amidine groups is 1. The highest BCUT2D eigenvalue weighted by molar-refractivity contribution is 6.01. The van der Waals surface area contributed by atoms with E-state index >= 15 is 0 Å². The normalized spacial score (nSPS) is 12.2. The maximum atomic E-state index is 5.77. The summed E-state index contributed by atoms with van der Waals surface area (Å²) in [6.07, 6.45) is 0. The molecule has 0 amide bonds. The first-order valence-electron chi connectivity index (χ1n) is 7.87. The number of nitrogens with two attached hydrogens (primary N) is 2. The second kappa shape index (κ2) is 7.93. The van der Waals surface area contributed by atoms with E-state index in [9.17, 15) is 0 Å². The molecule has 0 saturated heterocycles. The lowest BCUT2D eigenvalue weighted by molar-refractivity contribution is 0.306. The Balaban J connectivity index is 1.65. The van der Waals surface area contributed by atoms with E-state index in [0.717, 1.165) is 16.9 Å². The van der Waals surface area contributed by atoms with Gasteiger partial charge in [-0.25, -0.2) is 4.63 Å². The van der Waals surface area contributed by atoms with Crippen molar-refractivity contribution in [1.82, 2.24) is 10.3 Å². The predicted molar refractivity (Wildman–Crippen MR) is 98.9 cm³/mol. The van der Waals surface area contributed by atoms with E-state index in [4.69, 9.17) is 16.2 Å². The van der Waals surface area contributed by atoms with Gasteiger partial charge in [-0.3, -0.25) is 0 Å². The zero-order chi connectivity index (χ0) is 18.4. The summed E-state index contributed by atoms with van der Waals surface area (Å²) >= 11 is 0. The van der Waals surface area contributed by atoms with E-state index in [-0.39, 0.29) is 17.3 Å². The van der Waals surface area contributed by atoms with E-state index in [1.165, 1.54) is 0 Å². The molecule has 0 aliphatic carbocycles. The third-order valence-corrected chi connectivity index (χ3v) is 3.58. The highest BCUT2D eigenvalue weighted by atomic mass is 16.6. The summed E-state index contributed by atoms with van der Waals surface area (Å²) in [5.41, 5.74) is 14.2. The highest BCUT2D eigenvalue weighted by Gasteiger charge is 2.10. The summed E-state index contributed by atoms with van der Waals surface area (Å²) in [7, 11) is 0. The van der Waals surface area contributed by atoms with Crippen LogP contribution in [-0.4, -0.2) is 21.9 Å². The average molecular weight is 350 g/mol. The van der Waals surface area contributed by atoms with Crippen LogP contribution >= 0.6 is 0 Å². The number of benzene rings is 2. The molecule has 0 unspecified atom stereocenters. The summed E-state index contributed by atoms with van der Waals surface area (Å²) in [5, 5.41) is 15.0. The summed E-state index contributed by atoms with van der Waals surface area (Å²) < 4.78 is 10.2. The highest BCUT2D eigenvalue weighted by Crippen LogP contribution is 2.15. The molecule has 26 heavy (non-hydrogen) atoms. The van der Waals surface area contributed by atoms with Crippen LogP contribution in [0, 0.1) is 0 Å². The zero-order valence-corrected chi connectivity index (χ0v) is 14.2. The van der Waals surface area contributed by atoms with Crippen LogP contribution in [0.25, 0.3) is 0 Å². The Labute approximate surface area is 150 Å². The minimum atomic E-state index is 0.0333. The molecule has 0 radical (unpaired) electrons. The van der Waals surface area contributed by atoms with Crippen molar-refractivity contribution in [2.24, 2.45) is 15.9 Å². The number of aromatic nitrogens is 2. The van der Waals surface area contributed by atoms with Crippen LogP contribution in [-0.2, 0) is 6.61 Å². The Bertz CT molecular complexity index is 916.